The predicted molar refractivity (Wildman–Crippen MR) is 86.5 cm³/mol. The molecule has 126 valence electrons. The smallest absolute Gasteiger partial charge is 0.322 e. The molecule has 6 heteroatoms. The first-order valence-corrected chi connectivity index (χ1v) is 7.90. The van der Waals surface area contributed by atoms with Crippen LogP contribution in [-0.2, 0) is 16.0 Å². The van der Waals surface area contributed by atoms with Crippen LogP contribution < -0.4 is 10.1 Å². The van der Waals surface area contributed by atoms with Gasteiger partial charge in [-0.2, -0.15) is 0 Å². The number of nitrogens with zero attached hydrogens (tertiary/aromatic N) is 1. The average Bonchev–Trinajstić information content (AvgIpc) is 2.54. The second-order valence-electron chi connectivity index (χ2n) is 5.97. The minimum absolute atomic E-state index is 0.225. The van der Waals surface area contributed by atoms with Crippen LogP contribution in [-0.4, -0.2) is 55.2 Å². The van der Waals surface area contributed by atoms with Gasteiger partial charge >= 0.3 is 5.97 Å². The third-order valence-electron chi connectivity index (χ3n) is 4.09. The van der Waals surface area contributed by atoms with E-state index in [2.05, 4.69) is 22.3 Å². The normalized spacial score (nSPS) is 18.4. The van der Waals surface area contributed by atoms with Gasteiger partial charge in [0.05, 0.1) is 13.7 Å². The Balaban J connectivity index is 1.80. The number of aliphatic carboxylic acids is 1. The molecule has 1 unspecified atom stereocenters. The second kappa shape index (κ2) is 8.53. The standard InChI is InChI=1S/C17H24N2O4/c1-23-15-6-4-13(5-7-15)9-14-3-2-8-19(11-14)12-16(20)18-10-17(21)22/h4-7,14H,2-3,8-12H2,1H3,(H,18,20)(H,21,22). The number of hydrogen-bond acceptors (Lipinski definition) is 4. The zero-order valence-electron chi connectivity index (χ0n) is 13.5. The van der Waals surface area contributed by atoms with Gasteiger partial charge in [-0.1, -0.05) is 12.1 Å². The SMILES string of the molecule is COc1ccc(CC2CCCN(CC(=O)NCC(=O)O)C2)cc1. The summed E-state index contributed by atoms with van der Waals surface area (Å²) in [5.74, 6) is 0.130. The van der Waals surface area contributed by atoms with Crippen molar-refractivity contribution in [1.82, 2.24) is 10.2 Å². The van der Waals surface area contributed by atoms with Crippen LogP contribution in [0.5, 0.6) is 5.75 Å². The highest BCUT2D eigenvalue weighted by Crippen LogP contribution is 2.22. The number of benzene rings is 1. The van der Waals surface area contributed by atoms with Crippen LogP contribution in [0.3, 0.4) is 0 Å². The molecule has 6 nitrogen and oxygen atoms in total. The van der Waals surface area contributed by atoms with Crippen LogP contribution in [0.1, 0.15) is 18.4 Å². The summed E-state index contributed by atoms with van der Waals surface area (Å²) in [6, 6.07) is 8.10. The molecule has 2 rings (SSSR count). The number of amides is 1. The highest BCUT2D eigenvalue weighted by atomic mass is 16.5. The van der Waals surface area contributed by atoms with E-state index in [1.54, 1.807) is 7.11 Å². The lowest BCUT2D eigenvalue weighted by Crippen LogP contribution is -2.43. The van der Waals surface area contributed by atoms with E-state index < -0.39 is 5.97 Å². The molecule has 23 heavy (non-hydrogen) atoms. The number of carbonyl (C=O) groups is 2. The largest absolute Gasteiger partial charge is 0.497 e. The summed E-state index contributed by atoms with van der Waals surface area (Å²) in [5, 5.41) is 11.0. The quantitative estimate of drug-likeness (QED) is 0.788. The first kappa shape index (κ1) is 17.3. The molecule has 0 aromatic heterocycles. The molecule has 1 amide bonds. The van der Waals surface area contributed by atoms with Crippen molar-refractivity contribution in [2.24, 2.45) is 5.92 Å². The Morgan fingerprint density at radius 3 is 2.74 bits per heavy atom. The molecule has 0 radical (unpaired) electrons. The molecule has 1 heterocycles. The van der Waals surface area contributed by atoms with Crippen molar-refractivity contribution in [2.75, 3.05) is 33.3 Å². The first-order valence-electron chi connectivity index (χ1n) is 7.90. The van der Waals surface area contributed by atoms with E-state index in [9.17, 15) is 9.59 Å². The zero-order valence-corrected chi connectivity index (χ0v) is 13.5. The zero-order chi connectivity index (χ0) is 16.7. The van der Waals surface area contributed by atoms with Gasteiger partial charge < -0.3 is 15.2 Å². The molecule has 1 aliphatic heterocycles. The molecule has 0 aliphatic carbocycles. The average molecular weight is 320 g/mol. The maximum atomic E-state index is 11.7. The summed E-state index contributed by atoms with van der Waals surface area (Å²) < 4.78 is 5.17. The molecular weight excluding hydrogens is 296 g/mol. The van der Waals surface area contributed by atoms with Crippen LogP contribution >= 0.6 is 0 Å². The number of methoxy groups -OCH3 is 1. The Labute approximate surface area is 136 Å². The number of rotatable bonds is 7. The van der Waals surface area contributed by atoms with Crippen molar-refractivity contribution in [1.29, 1.82) is 0 Å². The molecule has 0 spiro atoms. The summed E-state index contributed by atoms with van der Waals surface area (Å²) in [6.07, 6.45) is 3.20. The Bertz CT molecular complexity index is 530. The fourth-order valence-electron chi connectivity index (χ4n) is 2.99. The van der Waals surface area contributed by atoms with Gasteiger partial charge in [-0.15, -0.1) is 0 Å². The molecular formula is C17H24N2O4. The Hall–Kier alpha value is -2.08. The number of nitrogens with one attached hydrogen (secondary N) is 1. The van der Waals surface area contributed by atoms with Gasteiger partial charge in [0.1, 0.15) is 12.3 Å². The first-order chi connectivity index (χ1) is 11.1. The van der Waals surface area contributed by atoms with Crippen molar-refractivity contribution in [3.8, 4) is 5.75 Å². The number of ether oxygens (including phenoxy) is 1. The van der Waals surface area contributed by atoms with Gasteiger partial charge in [0.25, 0.3) is 0 Å². The molecule has 1 aromatic carbocycles. The lowest BCUT2D eigenvalue weighted by molar-refractivity contribution is -0.138. The third-order valence-corrected chi connectivity index (χ3v) is 4.09. The maximum Gasteiger partial charge on any atom is 0.322 e. The van der Waals surface area contributed by atoms with E-state index in [4.69, 9.17) is 9.84 Å². The minimum atomic E-state index is -1.02. The van der Waals surface area contributed by atoms with Crippen LogP contribution in [0.4, 0.5) is 0 Å². The number of carboxylic acids is 1. The fraction of sp³-hybridized carbons (Fsp3) is 0.529. The van der Waals surface area contributed by atoms with E-state index in [0.717, 1.165) is 38.1 Å². The number of piperidine rings is 1. The number of carboxylic acid groups (broad SMARTS) is 1. The van der Waals surface area contributed by atoms with Crippen LogP contribution in [0.25, 0.3) is 0 Å². The van der Waals surface area contributed by atoms with Crippen molar-refractivity contribution in [3.05, 3.63) is 29.8 Å². The highest BCUT2D eigenvalue weighted by molar-refractivity contribution is 5.82. The van der Waals surface area contributed by atoms with Crippen molar-refractivity contribution in [2.45, 2.75) is 19.3 Å². The topological polar surface area (TPSA) is 78.9 Å². The van der Waals surface area contributed by atoms with E-state index in [1.165, 1.54) is 5.56 Å². The van der Waals surface area contributed by atoms with Crippen LogP contribution in [0.2, 0.25) is 0 Å². The monoisotopic (exact) mass is 320 g/mol. The lowest BCUT2D eigenvalue weighted by atomic mass is 9.91. The van der Waals surface area contributed by atoms with Gasteiger partial charge in [0.2, 0.25) is 5.91 Å². The second-order valence-corrected chi connectivity index (χ2v) is 5.97. The van der Waals surface area contributed by atoms with E-state index in [-0.39, 0.29) is 19.0 Å². The van der Waals surface area contributed by atoms with Gasteiger partial charge in [-0.25, -0.2) is 0 Å². The Kier molecular flexibility index (Phi) is 6.40. The van der Waals surface area contributed by atoms with E-state index in [0.29, 0.717) is 5.92 Å². The molecule has 1 saturated heterocycles. The minimum Gasteiger partial charge on any atom is -0.497 e. The summed E-state index contributed by atoms with van der Waals surface area (Å²) in [6.45, 7) is 1.71. The maximum absolute atomic E-state index is 11.7. The summed E-state index contributed by atoms with van der Waals surface area (Å²) in [4.78, 5) is 24.3. The third kappa shape index (κ3) is 5.90. The lowest BCUT2D eigenvalue weighted by Gasteiger charge is -2.32. The summed E-state index contributed by atoms with van der Waals surface area (Å²) in [7, 11) is 1.66. The molecule has 1 aromatic rings. The van der Waals surface area contributed by atoms with Crippen LogP contribution in [0, 0.1) is 5.92 Å². The van der Waals surface area contributed by atoms with E-state index >= 15 is 0 Å². The number of likely N-dealkylation sites (tertiary alicyclic amines) is 1. The molecule has 0 saturated carbocycles. The highest BCUT2D eigenvalue weighted by Gasteiger charge is 2.22. The van der Waals surface area contributed by atoms with Crippen LogP contribution in [0.15, 0.2) is 24.3 Å². The molecule has 1 atom stereocenters. The molecule has 1 aliphatic rings. The van der Waals surface area contributed by atoms with Crippen molar-refractivity contribution < 1.29 is 19.4 Å². The molecule has 2 N–H and O–H groups in total. The van der Waals surface area contributed by atoms with Gasteiger partial charge in [-0.3, -0.25) is 14.5 Å². The van der Waals surface area contributed by atoms with E-state index in [1.807, 2.05) is 12.1 Å². The van der Waals surface area contributed by atoms with Crippen molar-refractivity contribution >= 4 is 11.9 Å². The van der Waals surface area contributed by atoms with Gasteiger partial charge in [0, 0.05) is 6.54 Å². The Morgan fingerprint density at radius 1 is 1.35 bits per heavy atom. The van der Waals surface area contributed by atoms with Crippen molar-refractivity contribution in [3.63, 3.8) is 0 Å². The summed E-state index contributed by atoms with van der Waals surface area (Å²) >= 11 is 0. The number of carbonyl (C=O) groups excluding carboxylic acids is 1. The van der Waals surface area contributed by atoms with Gasteiger partial charge in [-0.05, 0) is 49.4 Å². The molecule has 1 fully saturated rings. The fourth-order valence-corrected chi connectivity index (χ4v) is 2.99. The van der Waals surface area contributed by atoms with Gasteiger partial charge in [0.15, 0.2) is 0 Å². The Morgan fingerprint density at radius 2 is 2.09 bits per heavy atom. The summed E-state index contributed by atoms with van der Waals surface area (Å²) in [5.41, 5.74) is 1.27. The molecule has 0 bridgehead atoms. The predicted octanol–water partition coefficient (Wildman–Crippen LogP) is 1.15. The number of hydrogen-bond donors (Lipinski definition) is 2.